The van der Waals surface area contributed by atoms with Crippen LogP contribution in [0.1, 0.15) is 10.4 Å². The predicted octanol–water partition coefficient (Wildman–Crippen LogP) is 4.45. The van der Waals surface area contributed by atoms with Gasteiger partial charge in [-0.1, -0.05) is 35.5 Å². The second kappa shape index (κ2) is 8.02. The Labute approximate surface area is 177 Å². The van der Waals surface area contributed by atoms with Crippen LogP contribution in [0.15, 0.2) is 83.4 Å². The summed E-state index contributed by atoms with van der Waals surface area (Å²) in [7, 11) is 0. The Morgan fingerprint density at radius 3 is 2.35 bits per heavy atom. The first-order valence-corrected chi connectivity index (χ1v) is 9.87. The Morgan fingerprint density at radius 1 is 0.935 bits per heavy atom. The van der Waals surface area contributed by atoms with Gasteiger partial charge in [-0.05, 0) is 48.5 Å². The second-order valence-electron chi connectivity index (χ2n) is 7.27. The first-order valence-electron chi connectivity index (χ1n) is 9.87. The van der Waals surface area contributed by atoms with Crippen LogP contribution in [0, 0.1) is 5.82 Å². The molecule has 0 bridgehead atoms. The molecule has 1 aliphatic heterocycles. The van der Waals surface area contributed by atoms with Gasteiger partial charge in [-0.2, -0.15) is 4.98 Å². The minimum atomic E-state index is -0.360. The third-order valence-electron chi connectivity index (χ3n) is 5.09. The largest absolute Gasteiger partial charge is 0.487 e. The maximum atomic E-state index is 13.0. The predicted molar refractivity (Wildman–Crippen MR) is 112 cm³/mol. The van der Waals surface area contributed by atoms with Crippen LogP contribution in [0.25, 0.3) is 22.8 Å². The number of carbonyl (C=O) groups excluding carboxylic acids is 1. The molecule has 0 N–H and O–H groups in total. The molecule has 1 saturated heterocycles. The van der Waals surface area contributed by atoms with Gasteiger partial charge in [-0.25, -0.2) is 4.39 Å². The molecule has 2 heterocycles. The highest BCUT2D eigenvalue weighted by Gasteiger charge is 2.32. The summed E-state index contributed by atoms with van der Waals surface area (Å²) in [6.45, 7) is 0.976. The van der Waals surface area contributed by atoms with E-state index < -0.39 is 0 Å². The van der Waals surface area contributed by atoms with Crippen LogP contribution in [-0.2, 0) is 0 Å². The fraction of sp³-hybridized carbons (Fsp3) is 0.125. The lowest BCUT2D eigenvalue weighted by atomic mass is 10.1. The van der Waals surface area contributed by atoms with Crippen molar-refractivity contribution in [3.63, 3.8) is 0 Å². The average molecular weight is 415 g/mol. The van der Waals surface area contributed by atoms with E-state index in [-0.39, 0.29) is 17.8 Å². The number of ether oxygens (including phenoxy) is 1. The number of aromatic nitrogens is 2. The number of hydrogen-bond donors (Lipinski definition) is 0. The van der Waals surface area contributed by atoms with Crippen molar-refractivity contribution in [2.45, 2.75) is 6.10 Å². The maximum Gasteiger partial charge on any atom is 0.258 e. The molecule has 0 aliphatic carbocycles. The topological polar surface area (TPSA) is 68.5 Å². The highest BCUT2D eigenvalue weighted by atomic mass is 19.1. The molecule has 1 amide bonds. The molecular formula is C24H18FN3O3. The van der Waals surface area contributed by atoms with Gasteiger partial charge in [0.1, 0.15) is 17.7 Å². The third kappa shape index (κ3) is 4.02. The minimum absolute atomic E-state index is 0.0802. The molecular weight excluding hydrogens is 397 g/mol. The molecule has 0 radical (unpaired) electrons. The molecule has 5 rings (SSSR count). The summed E-state index contributed by atoms with van der Waals surface area (Å²) in [5.41, 5.74) is 2.16. The zero-order chi connectivity index (χ0) is 21.2. The average Bonchev–Trinajstić information content (AvgIpc) is 3.27. The summed E-state index contributed by atoms with van der Waals surface area (Å²) < 4.78 is 24.3. The third-order valence-corrected chi connectivity index (χ3v) is 5.09. The van der Waals surface area contributed by atoms with Crippen molar-refractivity contribution in [3.8, 4) is 28.6 Å². The first-order chi connectivity index (χ1) is 15.2. The van der Waals surface area contributed by atoms with E-state index in [1.165, 1.54) is 24.3 Å². The van der Waals surface area contributed by atoms with Crippen molar-refractivity contribution < 1.29 is 18.4 Å². The van der Waals surface area contributed by atoms with Crippen LogP contribution >= 0.6 is 0 Å². The fourth-order valence-electron chi connectivity index (χ4n) is 3.37. The first kappa shape index (κ1) is 19.0. The van der Waals surface area contributed by atoms with E-state index >= 15 is 0 Å². The number of halogens is 1. The van der Waals surface area contributed by atoms with Crippen molar-refractivity contribution in [2.75, 3.05) is 13.1 Å². The molecule has 0 saturated carbocycles. The van der Waals surface area contributed by atoms with E-state index in [0.717, 1.165) is 11.1 Å². The summed E-state index contributed by atoms with van der Waals surface area (Å²) in [6, 6.07) is 22.6. The van der Waals surface area contributed by atoms with Crippen molar-refractivity contribution in [3.05, 3.63) is 90.2 Å². The van der Waals surface area contributed by atoms with Gasteiger partial charge in [0.25, 0.3) is 11.8 Å². The highest BCUT2D eigenvalue weighted by Crippen LogP contribution is 2.26. The van der Waals surface area contributed by atoms with Crippen molar-refractivity contribution in [1.29, 1.82) is 0 Å². The smallest absolute Gasteiger partial charge is 0.258 e. The number of carbonyl (C=O) groups is 1. The van der Waals surface area contributed by atoms with E-state index in [4.69, 9.17) is 9.26 Å². The number of benzene rings is 3. The zero-order valence-electron chi connectivity index (χ0n) is 16.4. The van der Waals surface area contributed by atoms with Crippen LogP contribution in [0.4, 0.5) is 4.39 Å². The summed E-state index contributed by atoms with van der Waals surface area (Å²) >= 11 is 0. The molecule has 154 valence electrons. The summed E-state index contributed by atoms with van der Waals surface area (Å²) in [5.74, 6) is 1.19. The highest BCUT2D eigenvalue weighted by molar-refractivity contribution is 5.94. The molecule has 1 aliphatic rings. The van der Waals surface area contributed by atoms with E-state index in [0.29, 0.717) is 36.1 Å². The number of nitrogens with zero attached hydrogens (tertiary/aromatic N) is 3. The SMILES string of the molecule is O=C(c1ccc(F)cc1)N1CC(Oc2ccc(-c3nc(-c4ccccc4)no3)cc2)C1. The quantitative estimate of drug-likeness (QED) is 0.482. The van der Waals surface area contributed by atoms with Gasteiger partial charge >= 0.3 is 0 Å². The van der Waals surface area contributed by atoms with Crippen LogP contribution in [0.5, 0.6) is 5.75 Å². The molecule has 31 heavy (non-hydrogen) atoms. The standard InChI is InChI=1S/C24H18FN3O3/c25-19-10-6-18(7-11-19)24(29)28-14-21(15-28)30-20-12-8-17(9-13-20)23-26-22(27-31-23)16-4-2-1-3-5-16/h1-13,21H,14-15H2. The molecule has 0 atom stereocenters. The van der Waals surface area contributed by atoms with Gasteiger partial charge in [-0.15, -0.1) is 0 Å². The van der Waals surface area contributed by atoms with E-state index in [1.807, 2.05) is 54.6 Å². The van der Waals surface area contributed by atoms with E-state index in [2.05, 4.69) is 10.1 Å². The molecule has 3 aromatic carbocycles. The summed E-state index contributed by atoms with van der Waals surface area (Å²) in [6.07, 6.45) is -0.0802. The molecule has 1 aromatic heterocycles. The lowest BCUT2D eigenvalue weighted by Gasteiger charge is -2.39. The van der Waals surface area contributed by atoms with Gasteiger partial charge < -0.3 is 14.2 Å². The summed E-state index contributed by atoms with van der Waals surface area (Å²) in [4.78, 5) is 18.5. The molecule has 6 nitrogen and oxygen atoms in total. The van der Waals surface area contributed by atoms with Crippen molar-refractivity contribution in [2.24, 2.45) is 0 Å². The Balaban J connectivity index is 1.18. The van der Waals surface area contributed by atoms with Crippen LogP contribution < -0.4 is 4.74 Å². The van der Waals surface area contributed by atoms with Gasteiger partial charge in [-0.3, -0.25) is 4.79 Å². The number of hydrogen-bond acceptors (Lipinski definition) is 5. The Morgan fingerprint density at radius 2 is 1.65 bits per heavy atom. The van der Waals surface area contributed by atoms with Gasteiger partial charge in [0.15, 0.2) is 0 Å². The van der Waals surface area contributed by atoms with Gasteiger partial charge in [0.2, 0.25) is 5.82 Å². The molecule has 1 fully saturated rings. The van der Waals surface area contributed by atoms with E-state index in [9.17, 15) is 9.18 Å². The number of likely N-dealkylation sites (tertiary alicyclic amines) is 1. The molecule has 0 spiro atoms. The molecule has 4 aromatic rings. The van der Waals surface area contributed by atoms with Crippen LogP contribution in [0.3, 0.4) is 0 Å². The van der Waals surface area contributed by atoms with Gasteiger partial charge in [0, 0.05) is 16.7 Å². The lowest BCUT2D eigenvalue weighted by molar-refractivity contribution is 0.0178. The Kier molecular flexibility index (Phi) is 4.92. The number of amides is 1. The minimum Gasteiger partial charge on any atom is -0.487 e. The maximum absolute atomic E-state index is 13.0. The fourth-order valence-corrected chi connectivity index (χ4v) is 3.37. The Bertz CT molecular complexity index is 1180. The van der Waals surface area contributed by atoms with Gasteiger partial charge in [0.05, 0.1) is 13.1 Å². The number of rotatable bonds is 5. The van der Waals surface area contributed by atoms with E-state index in [1.54, 1.807) is 4.90 Å². The Hall–Kier alpha value is -4.00. The van der Waals surface area contributed by atoms with Crippen LogP contribution in [-0.4, -0.2) is 40.1 Å². The van der Waals surface area contributed by atoms with Crippen molar-refractivity contribution >= 4 is 5.91 Å². The van der Waals surface area contributed by atoms with Crippen molar-refractivity contribution in [1.82, 2.24) is 15.0 Å². The van der Waals surface area contributed by atoms with Crippen LogP contribution in [0.2, 0.25) is 0 Å². The monoisotopic (exact) mass is 415 g/mol. The molecule has 0 unspecified atom stereocenters. The lowest BCUT2D eigenvalue weighted by Crippen LogP contribution is -2.56. The zero-order valence-corrected chi connectivity index (χ0v) is 16.4. The summed E-state index contributed by atoms with van der Waals surface area (Å²) in [5, 5.41) is 4.04. The molecule has 7 heteroatoms. The normalized spacial score (nSPS) is 13.6. The second-order valence-corrected chi connectivity index (χ2v) is 7.27.